The van der Waals surface area contributed by atoms with E-state index in [1.807, 2.05) is 35.2 Å². The zero-order chi connectivity index (χ0) is 26.1. The third-order valence-corrected chi connectivity index (χ3v) is 6.35. The smallest absolute Gasteiger partial charge is 0.250 e. The Labute approximate surface area is 212 Å². The second-order valence-electron chi connectivity index (χ2n) is 9.90. The van der Waals surface area contributed by atoms with Crippen LogP contribution in [0.2, 0.25) is 0 Å². The molecule has 196 valence electrons. The number of nitrogens with two attached hydrogens (primary N) is 1. The van der Waals surface area contributed by atoms with Crippen LogP contribution in [0.5, 0.6) is 0 Å². The summed E-state index contributed by atoms with van der Waals surface area (Å²) in [5, 5.41) is 5.36. The van der Waals surface area contributed by atoms with Crippen LogP contribution in [0, 0.1) is 5.92 Å². The molecule has 1 aliphatic heterocycles. The van der Waals surface area contributed by atoms with E-state index < -0.39 is 23.4 Å². The van der Waals surface area contributed by atoms with Crippen LogP contribution in [-0.4, -0.2) is 63.4 Å². The third-order valence-electron chi connectivity index (χ3n) is 6.35. The number of anilines is 1. The minimum absolute atomic E-state index is 0.0319. The lowest BCUT2D eigenvalue weighted by Gasteiger charge is -2.31. The van der Waals surface area contributed by atoms with Gasteiger partial charge in [0.15, 0.2) is 5.82 Å². The Morgan fingerprint density at radius 1 is 1.19 bits per heavy atom. The highest BCUT2D eigenvalue weighted by atomic mass is 16.5. The molecule has 10 heteroatoms. The Hall–Kier alpha value is -3.24. The summed E-state index contributed by atoms with van der Waals surface area (Å²) < 4.78 is 7.35. The van der Waals surface area contributed by atoms with E-state index in [1.54, 1.807) is 24.6 Å². The van der Waals surface area contributed by atoms with Crippen LogP contribution < -0.4 is 16.4 Å². The maximum absolute atomic E-state index is 13.0. The number of nitrogens with one attached hydrogen (secondary N) is 2. The number of carbonyl (C=O) groups is 3. The lowest BCUT2D eigenvalue weighted by molar-refractivity contribution is -0.133. The number of carbonyl (C=O) groups excluding carboxylic acids is 3. The van der Waals surface area contributed by atoms with Gasteiger partial charge in [-0.05, 0) is 38.2 Å². The summed E-state index contributed by atoms with van der Waals surface area (Å²) in [7, 11) is 0. The number of imidazole rings is 1. The minimum atomic E-state index is -1.16. The van der Waals surface area contributed by atoms with Gasteiger partial charge in [0.05, 0.1) is 25.1 Å². The van der Waals surface area contributed by atoms with E-state index in [0.29, 0.717) is 12.5 Å². The Balaban J connectivity index is 1.56. The molecule has 3 amide bonds. The van der Waals surface area contributed by atoms with Gasteiger partial charge in [-0.3, -0.25) is 14.4 Å². The van der Waals surface area contributed by atoms with Crippen LogP contribution in [-0.2, 0) is 32.3 Å². The van der Waals surface area contributed by atoms with E-state index in [-0.39, 0.29) is 24.9 Å². The van der Waals surface area contributed by atoms with Crippen LogP contribution in [0.25, 0.3) is 0 Å². The molecular formula is C26H38N6O4. The predicted molar refractivity (Wildman–Crippen MR) is 137 cm³/mol. The summed E-state index contributed by atoms with van der Waals surface area (Å²) in [5.41, 5.74) is 5.68. The maximum atomic E-state index is 13.0. The summed E-state index contributed by atoms with van der Waals surface area (Å²) in [6, 6.07) is 8.55. The molecule has 36 heavy (non-hydrogen) atoms. The fourth-order valence-electron chi connectivity index (χ4n) is 3.97. The summed E-state index contributed by atoms with van der Waals surface area (Å²) in [5.74, 6) is 0.0446. The van der Waals surface area contributed by atoms with E-state index >= 15 is 0 Å². The van der Waals surface area contributed by atoms with Gasteiger partial charge in [0, 0.05) is 19.3 Å². The molecule has 1 fully saturated rings. The van der Waals surface area contributed by atoms with Crippen molar-refractivity contribution in [3.05, 3.63) is 48.4 Å². The van der Waals surface area contributed by atoms with Gasteiger partial charge in [-0.1, -0.05) is 43.7 Å². The zero-order valence-corrected chi connectivity index (χ0v) is 21.4. The first-order chi connectivity index (χ1) is 17.2. The summed E-state index contributed by atoms with van der Waals surface area (Å²) in [6.07, 6.45) is 6.33. The number of hydrogen-bond acceptors (Lipinski definition) is 6. The van der Waals surface area contributed by atoms with Crippen LogP contribution in [0.1, 0.15) is 45.6 Å². The van der Waals surface area contributed by atoms with Crippen LogP contribution in [0.15, 0.2) is 42.9 Å². The summed E-state index contributed by atoms with van der Waals surface area (Å²) in [6.45, 7) is 7.26. The molecule has 1 aromatic carbocycles. The second-order valence-corrected chi connectivity index (χ2v) is 9.90. The molecule has 0 radical (unpaired) electrons. The summed E-state index contributed by atoms with van der Waals surface area (Å²) in [4.78, 5) is 44.2. The van der Waals surface area contributed by atoms with Gasteiger partial charge in [0.1, 0.15) is 12.6 Å². The standard InChI is InChI=1S/C26H38N6O4/c1-4-19-10-12-32(13-11-19)23(33)15-31-14-22(28-18-31)30-24(34)21(29-25(35)26(2,3)27)17-36-16-20-8-6-5-7-9-20/h5-9,14,18-19,21H,4,10-13,15-17,27H2,1-3H3,(H,29,35)(H,30,34). The highest BCUT2D eigenvalue weighted by Crippen LogP contribution is 2.20. The van der Waals surface area contributed by atoms with E-state index in [9.17, 15) is 14.4 Å². The first kappa shape index (κ1) is 27.3. The van der Waals surface area contributed by atoms with Crippen molar-refractivity contribution in [1.82, 2.24) is 19.8 Å². The quantitative estimate of drug-likeness (QED) is 0.434. The maximum Gasteiger partial charge on any atom is 0.250 e. The second kappa shape index (κ2) is 12.6. The average Bonchev–Trinajstić information content (AvgIpc) is 3.29. The zero-order valence-electron chi connectivity index (χ0n) is 21.4. The Morgan fingerprint density at radius 2 is 1.89 bits per heavy atom. The van der Waals surface area contributed by atoms with Crippen LogP contribution >= 0.6 is 0 Å². The van der Waals surface area contributed by atoms with Crippen LogP contribution in [0.3, 0.4) is 0 Å². The van der Waals surface area contributed by atoms with Gasteiger partial charge in [0.2, 0.25) is 11.8 Å². The van der Waals surface area contributed by atoms with Crippen molar-refractivity contribution < 1.29 is 19.1 Å². The number of amides is 3. The average molecular weight is 499 g/mol. The molecule has 1 saturated heterocycles. The monoisotopic (exact) mass is 498 g/mol. The van der Waals surface area contributed by atoms with Gasteiger partial charge in [-0.15, -0.1) is 0 Å². The number of hydrogen-bond donors (Lipinski definition) is 3. The van der Waals surface area contributed by atoms with Crippen molar-refractivity contribution >= 4 is 23.5 Å². The number of benzene rings is 1. The lowest BCUT2D eigenvalue weighted by atomic mass is 9.94. The molecular weight excluding hydrogens is 460 g/mol. The Bertz CT molecular complexity index is 1010. The van der Waals surface area contributed by atoms with Crippen LogP contribution in [0.4, 0.5) is 5.82 Å². The normalized spacial score (nSPS) is 15.4. The van der Waals surface area contributed by atoms with Crippen molar-refractivity contribution in [2.24, 2.45) is 11.7 Å². The molecule has 0 bridgehead atoms. The SMILES string of the molecule is CCC1CCN(C(=O)Cn2cnc(NC(=O)C(COCc3ccccc3)NC(=O)C(C)(C)N)c2)CC1. The highest BCUT2D eigenvalue weighted by molar-refractivity contribution is 5.98. The minimum Gasteiger partial charge on any atom is -0.374 e. The molecule has 1 aromatic heterocycles. The Kier molecular flexibility index (Phi) is 9.60. The van der Waals surface area contributed by atoms with E-state index in [1.165, 1.54) is 6.33 Å². The largest absolute Gasteiger partial charge is 0.374 e. The van der Waals surface area contributed by atoms with Gasteiger partial charge >= 0.3 is 0 Å². The van der Waals surface area contributed by atoms with Gasteiger partial charge in [-0.2, -0.15) is 0 Å². The fourth-order valence-corrected chi connectivity index (χ4v) is 3.97. The molecule has 1 aliphatic rings. The van der Waals surface area contributed by atoms with Crippen molar-refractivity contribution in [1.29, 1.82) is 0 Å². The molecule has 0 spiro atoms. The summed E-state index contributed by atoms with van der Waals surface area (Å²) >= 11 is 0. The molecule has 0 aliphatic carbocycles. The van der Waals surface area contributed by atoms with E-state index in [2.05, 4.69) is 22.5 Å². The Morgan fingerprint density at radius 3 is 2.53 bits per heavy atom. The molecule has 2 aromatic rings. The number of rotatable bonds is 11. The molecule has 0 saturated carbocycles. The molecule has 1 unspecified atom stereocenters. The number of aromatic nitrogens is 2. The molecule has 3 rings (SSSR count). The number of ether oxygens (including phenoxy) is 1. The fraction of sp³-hybridized carbons (Fsp3) is 0.538. The predicted octanol–water partition coefficient (Wildman–Crippen LogP) is 1.91. The third kappa shape index (κ3) is 8.17. The first-order valence-electron chi connectivity index (χ1n) is 12.5. The number of nitrogens with zero attached hydrogens (tertiary/aromatic N) is 3. The topological polar surface area (TPSA) is 132 Å². The van der Waals surface area contributed by atoms with Gasteiger partial charge < -0.3 is 30.6 Å². The van der Waals surface area contributed by atoms with Gasteiger partial charge in [0.25, 0.3) is 5.91 Å². The van der Waals surface area contributed by atoms with Gasteiger partial charge in [-0.25, -0.2) is 4.98 Å². The van der Waals surface area contributed by atoms with Crippen molar-refractivity contribution in [2.45, 2.75) is 64.8 Å². The molecule has 10 nitrogen and oxygen atoms in total. The van der Waals surface area contributed by atoms with Crippen molar-refractivity contribution in [3.63, 3.8) is 0 Å². The molecule has 2 heterocycles. The van der Waals surface area contributed by atoms with E-state index in [0.717, 1.165) is 37.9 Å². The lowest BCUT2D eigenvalue weighted by Crippen LogP contribution is -2.56. The molecule has 4 N–H and O–H groups in total. The highest BCUT2D eigenvalue weighted by Gasteiger charge is 2.29. The van der Waals surface area contributed by atoms with Crippen molar-refractivity contribution in [2.75, 3.05) is 25.0 Å². The number of likely N-dealkylation sites (tertiary alicyclic amines) is 1. The van der Waals surface area contributed by atoms with E-state index in [4.69, 9.17) is 10.5 Å². The van der Waals surface area contributed by atoms with Crippen molar-refractivity contribution in [3.8, 4) is 0 Å². The molecule has 1 atom stereocenters. The number of piperidine rings is 1. The first-order valence-corrected chi connectivity index (χ1v) is 12.5.